The van der Waals surface area contributed by atoms with Crippen LogP contribution in [0.25, 0.3) is 0 Å². The third kappa shape index (κ3) is 4.55. The van der Waals surface area contributed by atoms with Crippen molar-refractivity contribution in [1.82, 2.24) is 9.80 Å². The van der Waals surface area contributed by atoms with Gasteiger partial charge in [-0.15, -0.1) is 0 Å². The van der Waals surface area contributed by atoms with Crippen molar-refractivity contribution in [3.8, 4) is 0 Å². The predicted octanol–water partition coefficient (Wildman–Crippen LogP) is 5.58. The fraction of sp³-hybridized carbons (Fsp3) is 0.240. The molecule has 0 radical (unpaired) electrons. The number of halogens is 3. The summed E-state index contributed by atoms with van der Waals surface area (Å²) in [5, 5.41) is 0. The van der Waals surface area contributed by atoms with E-state index in [4.69, 9.17) is 0 Å². The van der Waals surface area contributed by atoms with Crippen LogP contribution in [-0.4, -0.2) is 41.9 Å². The number of nitrogens with zero attached hydrogens (tertiary/aromatic N) is 2. The Morgan fingerprint density at radius 1 is 0.871 bits per heavy atom. The molecule has 0 saturated carbocycles. The van der Waals surface area contributed by atoms with E-state index < -0.39 is 23.1 Å². The van der Waals surface area contributed by atoms with Crippen LogP contribution < -0.4 is 0 Å². The van der Waals surface area contributed by atoms with E-state index in [0.29, 0.717) is 26.2 Å². The van der Waals surface area contributed by atoms with Crippen LogP contribution in [0.15, 0.2) is 71.2 Å². The highest BCUT2D eigenvalue weighted by molar-refractivity contribution is 9.10. The Balaban J connectivity index is 1.55. The normalized spacial score (nSPS) is 15.7. The molecule has 1 fully saturated rings. The summed E-state index contributed by atoms with van der Waals surface area (Å²) in [7, 11) is 0. The van der Waals surface area contributed by atoms with Crippen LogP contribution in [-0.2, 0) is 0 Å². The quantitative estimate of drug-likeness (QED) is 0.482. The summed E-state index contributed by atoms with van der Waals surface area (Å²) in [4.78, 5) is 16.7. The first-order chi connectivity index (χ1) is 15.0. The SMILES string of the molecule is Cc1ccc(F)c(C(=O)N2CCN(C(c3ccccc3)c3ccc(Br)cc3)CC2)c1F. The van der Waals surface area contributed by atoms with Crippen molar-refractivity contribution in [2.24, 2.45) is 0 Å². The Kier molecular flexibility index (Phi) is 6.49. The van der Waals surface area contributed by atoms with Gasteiger partial charge in [0.2, 0.25) is 0 Å². The summed E-state index contributed by atoms with van der Waals surface area (Å²) in [5.41, 5.74) is 2.13. The lowest BCUT2D eigenvalue weighted by Crippen LogP contribution is -2.50. The van der Waals surface area contributed by atoms with Crippen molar-refractivity contribution in [3.63, 3.8) is 0 Å². The van der Waals surface area contributed by atoms with Crippen molar-refractivity contribution < 1.29 is 13.6 Å². The third-order valence-corrected chi connectivity index (χ3v) is 6.29. The number of hydrogen-bond acceptors (Lipinski definition) is 2. The Labute approximate surface area is 189 Å². The van der Waals surface area contributed by atoms with E-state index in [1.54, 1.807) is 4.90 Å². The van der Waals surface area contributed by atoms with Crippen molar-refractivity contribution in [2.45, 2.75) is 13.0 Å². The lowest BCUT2D eigenvalue weighted by atomic mass is 9.96. The van der Waals surface area contributed by atoms with E-state index in [-0.39, 0.29) is 11.6 Å². The average molecular weight is 485 g/mol. The molecule has 3 aromatic carbocycles. The Hall–Kier alpha value is -2.57. The van der Waals surface area contributed by atoms with Gasteiger partial charge in [-0.05, 0) is 41.8 Å². The molecular formula is C25H23BrF2N2O. The Bertz CT molecular complexity index is 1060. The molecule has 4 rings (SSSR count). The maximum atomic E-state index is 14.4. The molecule has 1 heterocycles. The molecule has 1 atom stereocenters. The van der Waals surface area contributed by atoms with Crippen molar-refractivity contribution >= 4 is 21.8 Å². The van der Waals surface area contributed by atoms with Crippen LogP contribution in [0.2, 0.25) is 0 Å². The van der Waals surface area contributed by atoms with Gasteiger partial charge >= 0.3 is 0 Å². The monoisotopic (exact) mass is 484 g/mol. The molecule has 3 aromatic rings. The molecule has 0 aliphatic carbocycles. The number of piperazine rings is 1. The minimum absolute atomic E-state index is 0.0407. The minimum Gasteiger partial charge on any atom is -0.336 e. The number of amides is 1. The number of benzene rings is 3. The molecular weight excluding hydrogens is 462 g/mol. The lowest BCUT2D eigenvalue weighted by molar-refractivity contribution is 0.0588. The van der Waals surface area contributed by atoms with Gasteiger partial charge in [0, 0.05) is 30.7 Å². The maximum absolute atomic E-state index is 14.4. The second kappa shape index (κ2) is 9.28. The smallest absolute Gasteiger partial charge is 0.259 e. The summed E-state index contributed by atoms with van der Waals surface area (Å²) in [6, 6.07) is 21.0. The van der Waals surface area contributed by atoms with E-state index in [0.717, 1.165) is 16.1 Å². The van der Waals surface area contributed by atoms with Gasteiger partial charge in [-0.1, -0.05) is 64.5 Å². The summed E-state index contributed by atoms with van der Waals surface area (Å²) in [6.07, 6.45) is 0. The van der Waals surface area contributed by atoms with Gasteiger partial charge < -0.3 is 4.90 Å². The molecule has 31 heavy (non-hydrogen) atoms. The Morgan fingerprint density at radius 2 is 1.48 bits per heavy atom. The first kappa shape index (κ1) is 21.7. The number of carbonyl (C=O) groups is 1. The molecule has 1 amide bonds. The van der Waals surface area contributed by atoms with Gasteiger partial charge in [-0.3, -0.25) is 9.69 Å². The first-order valence-corrected chi connectivity index (χ1v) is 11.0. The van der Waals surface area contributed by atoms with E-state index in [1.165, 1.54) is 18.6 Å². The predicted molar refractivity (Wildman–Crippen MR) is 121 cm³/mol. The fourth-order valence-corrected chi connectivity index (χ4v) is 4.35. The average Bonchev–Trinajstić information content (AvgIpc) is 2.79. The first-order valence-electron chi connectivity index (χ1n) is 10.2. The minimum atomic E-state index is -0.812. The second-order valence-electron chi connectivity index (χ2n) is 7.75. The van der Waals surface area contributed by atoms with Crippen molar-refractivity contribution in [2.75, 3.05) is 26.2 Å². The molecule has 0 aromatic heterocycles. The molecule has 6 heteroatoms. The largest absolute Gasteiger partial charge is 0.336 e. The maximum Gasteiger partial charge on any atom is 0.259 e. The van der Waals surface area contributed by atoms with Crippen LogP contribution in [0.4, 0.5) is 8.78 Å². The zero-order valence-corrected chi connectivity index (χ0v) is 18.8. The highest BCUT2D eigenvalue weighted by Gasteiger charge is 2.31. The molecule has 1 aliphatic rings. The molecule has 1 aliphatic heterocycles. The summed E-state index contributed by atoms with van der Waals surface area (Å²) >= 11 is 3.49. The van der Waals surface area contributed by atoms with E-state index in [2.05, 4.69) is 45.1 Å². The van der Waals surface area contributed by atoms with Gasteiger partial charge in [0.25, 0.3) is 5.91 Å². The molecule has 1 unspecified atom stereocenters. The van der Waals surface area contributed by atoms with Crippen molar-refractivity contribution in [3.05, 3.63) is 105 Å². The van der Waals surface area contributed by atoms with Crippen LogP contribution in [0.3, 0.4) is 0 Å². The lowest BCUT2D eigenvalue weighted by Gasteiger charge is -2.40. The number of carbonyl (C=O) groups excluding carboxylic acids is 1. The highest BCUT2D eigenvalue weighted by Crippen LogP contribution is 2.31. The zero-order chi connectivity index (χ0) is 22.0. The van der Waals surface area contributed by atoms with Crippen LogP contribution >= 0.6 is 15.9 Å². The number of aryl methyl sites for hydroxylation is 1. The van der Waals surface area contributed by atoms with Gasteiger partial charge in [-0.25, -0.2) is 8.78 Å². The van der Waals surface area contributed by atoms with Crippen LogP contribution in [0.5, 0.6) is 0 Å². The van der Waals surface area contributed by atoms with Gasteiger partial charge in [0.05, 0.1) is 6.04 Å². The topological polar surface area (TPSA) is 23.6 Å². The zero-order valence-electron chi connectivity index (χ0n) is 17.2. The number of hydrogen-bond donors (Lipinski definition) is 0. The molecule has 0 bridgehead atoms. The standard InChI is InChI=1S/C25H23BrF2N2O/c1-17-7-12-21(27)22(23(17)28)25(31)30-15-13-29(14-16-30)24(18-5-3-2-4-6-18)19-8-10-20(26)11-9-19/h2-12,24H,13-16H2,1H3. The summed E-state index contributed by atoms with van der Waals surface area (Å²) in [5.74, 6) is -2.17. The molecule has 0 spiro atoms. The van der Waals surface area contributed by atoms with E-state index >= 15 is 0 Å². The molecule has 3 nitrogen and oxygen atoms in total. The van der Waals surface area contributed by atoms with E-state index in [1.807, 2.05) is 30.3 Å². The summed E-state index contributed by atoms with van der Waals surface area (Å²) in [6.45, 7) is 3.57. The van der Waals surface area contributed by atoms with E-state index in [9.17, 15) is 13.6 Å². The fourth-order valence-electron chi connectivity index (χ4n) is 4.09. The summed E-state index contributed by atoms with van der Waals surface area (Å²) < 4.78 is 29.7. The highest BCUT2D eigenvalue weighted by atomic mass is 79.9. The Morgan fingerprint density at radius 3 is 2.13 bits per heavy atom. The molecule has 160 valence electrons. The number of rotatable bonds is 4. The van der Waals surface area contributed by atoms with Gasteiger partial charge in [0.1, 0.15) is 17.2 Å². The third-order valence-electron chi connectivity index (χ3n) is 5.77. The van der Waals surface area contributed by atoms with Crippen LogP contribution in [0, 0.1) is 18.6 Å². The molecule has 0 N–H and O–H groups in total. The van der Waals surface area contributed by atoms with Crippen LogP contribution in [0.1, 0.15) is 33.1 Å². The van der Waals surface area contributed by atoms with Crippen molar-refractivity contribution in [1.29, 1.82) is 0 Å². The van der Waals surface area contributed by atoms with Gasteiger partial charge in [-0.2, -0.15) is 0 Å². The second-order valence-corrected chi connectivity index (χ2v) is 8.66. The van der Waals surface area contributed by atoms with Gasteiger partial charge in [0.15, 0.2) is 0 Å². The molecule has 1 saturated heterocycles.